The molecule has 2 heteroatoms. The first-order chi connectivity index (χ1) is 4.06. The molecule has 0 atom stereocenters. The molecule has 0 unspecified atom stereocenters. The van der Waals surface area contributed by atoms with Gasteiger partial charge in [-0.3, -0.25) is 0 Å². The van der Waals surface area contributed by atoms with E-state index in [0.29, 0.717) is 6.61 Å². The maximum Gasteiger partial charge on any atom is 0.203 e. The fourth-order valence-corrected chi connectivity index (χ4v) is 0.459. The summed E-state index contributed by atoms with van der Waals surface area (Å²) >= 11 is 0. The fourth-order valence-electron chi connectivity index (χ4n) is 0.459. The van der Waals surface area contributed by atoms with E-state index in [-0.39, 0.29) is 0 Å². The molecule has 9 heavy (non-hydrogen) atoms. The van der Waals surface area contributed by atoms with Gasteiger partial charge in [0, 0.05) is 0 Å². The van der Waals surface area contributed by atoms with E-state index in [0.717, 1.165) is 12.8 Å². The van der Waals surface area contributed by atoms with Crippen LogP contribution >= 0.6 is 0 Å². The molecule has 0 rings (SSSR count). The summed E-state index contributed by atoms with van der Waals surface area (Å²) in [5.74, 6) is -1.45. The highest BCUT2D eigenvalue weighted by Crippen LogP contribution is 2.10. The Morgan fingerprint density at radius 2 is 2.00 bits per heavy atom. The van der Waals surface area contributed by atoms with Gasteiger partial charge in [-0.2, -0.15) is 0 Å². The Hall–Kier alpha value is -0.110. The van der Waals surface area contributed by atoms with Gasteiger partial charge in [0.25, 0.3) is 0 Å². The van der Waals surface area contributed by atoms with Crippen molar-refractivity contribution in [3.05, 3.63) is 0 Å². The van der Waals surface area contributed by atoms with Crippen molar-refractivity contribution in [2.75, 3.05) is 6.61 Å². The molecule has 0 spiro atoms. The minimum Gasteiger partial charge on any atom is -0.346 e. The summed E-state index contributed by atoms with van der Waals surface area (Å²) in [6.45, 7) is 5.42. The molecule has 0 aliphatic rings. The van der Waals surface area contributed by atoms with Crippen LogP contribution in [-0.4, -0.2) is 12.5 Å². The van der Waals surface area contributed by atoms with Crippen molar-refractivity contribution in [2.24, 2.45) is 0 Å². The van der Waals surface area contributed by atoms with E-state index in [2.05, 4.69) is 6.92 Å². The molecule has 56 valence electrons. The number of alkyl halides is 1. The second kappa shape index (κ2) is 3.83. The summed E-state index contributed by atoms with van der Waals surface area (Å²) in [6.07, 6.45) is 1.99. The predicted molar refractivity (Wildman–Crippen MR) is 36.0 cm³/mol. The van der Waals surface area contributed by atoms with Crippen molar-refractivity contribution in [3.63, 3.8) is 0 Å². The van der Waals surface area contributed by atoms with Crippen molar-refractivity contribution in [2.45, 2.75) is 39.5 Å². The largest absolute Gasteiger partial charge is 0.346 e. The first-order valence-corrected chi connectivity index (χ1v) is 3.39. The molecule has 0 aromatic carbocycles. The van der Waals surface area contributed by atoms with Gasteiger partial charge in [-0.1, -0.05) is 13.3 Å². The Kier molecular flexibility index (Phi) is 3.78. The molecular weight excluding hydrogens is 119 g/mol. The van der Waals surface area contributed by atoms with E-state index in [9.17, 15) is 4.39 Å². The van der Waals surface area contributed by atoms with Crippen LogP contribution in [0.5, 0.6) is 0 Å². The highest BCUT2D eigenvalue weighted by Gasteiger charge is 2.13. The van der Waals surface area contributed by atoms with Crippen molar-refractivity contribution in [1.82, 2.24) is 0 Å². The van der Waals surface area contributed by atoms with E-state index in [4.69, 9.17) is 4.74 Å². The zero-order valence-electron chi connectivity index (χ0n) is 6.41. The molecule has 1 nitrogen and oxygen atoms in total. The molecule has 0 bridgehead atoms. The third kappa shape index (κ3) is 7.89. The number of hydrogen-bond acceptors (Lipinski definition) is 1. The number of unbranched alkanes of at least 4 members (excludes halogenated alkanes) is 1. The maximum atomic E-state index is 12.5. The van der Waals surface area contributed by atoms with Crippen LogP contribution in [0.15, 0.2) is 0 Å². The van der Waals surface area contributed by atoms with Crippen LogP contribution in [0.25, 0.3) is 0 Å². The third-order valence-electron chi connectivity index (χ3n) is 0.943. The average Bonchev–Trinajstić information content (AvgIpc) is 1.63. The number of hydrogen-bond donors (Lipinski definition) is 0. The zero-order chi connectivity index (χ0) is 7.33. The first kappa shape index (κ1) is 8.89. The average molecular weight is 134 g/mol. The second-order valence-corrected chi connectivity index (χ2v) is 2.57. The molecule has 0 saturated carbocycles. The van der Waals surface area contributed by atoms with E-state index >= 15 is 0 Å². The first-order valence-electron chi connectivity index (χ1n) is 3.39. The Balaban J connectivity index is 3.07. The smallest absolute Gasteiger partial charge is 0.203 e. The quantitative estimate of drug-likeness (QED) is 0.537. The predicted octanol–water partition coefficient (Wildman–Crippen LogP) is 2.51. The van der Waals surface area contributed by atoms with E-state index < -0.39 is 5.85 Å². The Morgan fingerprint density at radius 3 is 2.33 bits per heavy atom. The van der Waals surface area contributed by atoms with Gasteiger partial charge < -0.3 is 4.74 Å². The van der Waals surface area contributed by atoms with Crippen LogP contribution in [0.2, 0.25) is 0 Å². The summed E-state index contributed by atoms with van der Waals surface area (Å²) in [5.41, 5.74) is 0. The molecule has 0 amide bonds. The standard InChI is InChI=1S/C7H15FO/c1-4-5-6-9-7(2,3)8/h4-6H2,1-3H3. The van der Waals surface area contributed by atoms with Crippen LogP contribution < -0.4 is 0 Å². The van der Waals surface area contributed by atoms with Crippen molar-refractivity contribution < 1.29 is 9.13 Å². The minimum atomic E-state index is -1.45. The van der Waals surface area contributed by atoms with Gasteiger partial charge in [-0.25, -0.2) is 4.39 Å². The molecule has 0 aromatic rings. The lowest BCUT2D eigenvalue weighted by Crippen LogP contribution is -2.17. The summed E-state index contributed by atoms with van der Waals surface area (Å²) in [6, 6.07) is 0. The summed E-state index contributed by atoms with van der Waals surface area (Å²) < 4.78 is 17.3. The van der Waals surface area contributed by atoms with Gasteiger partial charge in [-0.15, -0.1) is 0 Å². The van der Waals surface area contributed by atoms with Crippen LogP contribution in [0, 0.1) is 0 Å². The topological polar surface area (TPSA) is 9.23 Å². The molecular formula is C7H15FO. The molecule has 0 aromatic heterocycles. The second-order valence-electron chi connectivity index (χ2n) is 2.57. The van der Waals surface area contributed by atoms with Gasteiger partial charge in [-0.05, 0) is 20.3 Å². The number of ether oxygens (including phenoxy) is 1. The molecule has 0 radical (unpaired) electrons. The lowest BCUT2D eigenvalue weighted by Gasteiger charge is -2.14. The Morgan fingerprint density at radius 1 is 1.44 bits per heavy atom. The van der Waals surface area contributed by atoms with Gasteiger partial charge in [0.1, 0.15) is 0 Å². The Bertz CT molecular complexity index is 65.8. The minimum absolute atomic E-state index is 0.528. The van der Waals surface area contributed by atoms with E-state index in [1.54, 1.807) is 0 Å². The normalized spacial score (nSPS) is 12.0. The molecule has 0 aliphatic heterocycles. The highest BCUT2D eigenvalue weighted by molar-refractivity contribution is 4.48. The zero-order valence-corrected chi connectivity index (χ0v) is 6.41. The number of halogens is 1. The molecule has 0 fully saturated rings. The lowest BCUT2D eigenvalue weighted by molar-refractivity contribution is -0.116. The summed E-state index contributed by atoms with van der Waals surface area (Å²) in [7, 11) is 0. The molecule has 0 heterocycles. The van der Waals surface area contributed by atoms with Crippen molar-refractivity contribution in [3.8, 4) is 0 Å². The van der Waals surface area contributed by atoms with Gasteiger partial charge >= 0.3 is 0 Å². The van der Waals surface area contributed by atoms with Crippen molar-refractivity contribution >= 4 is 0 Å². The third-order valence-corrected chi connectivity index (χ3v) is 0.943. The van der Waals surface area contributed by atoms with Gasteiger partial charge in [0.05, 0.1) is 6.61 Å². The monoisotopic (exact) mass is 134 g/mol. The molecule has 0 aliphatic carbocycles. The maximum absolute atomic E-state index is 12.5. The lowest BCUT2D eigenvalue weighted by atomic mass is 10.3. The van der Waals surface area contributed by atoms with Crippen LogP contribution in [-0.2, 0) is 4.74 Å². The highest BCUT2D eigenvalue weighted by atomic mass is 19.2. The van der Waals surface area contributed by atoms with Crippen molar-refractivity contribution in [1.29, 1.82) is 0 Å². The summed E-state index contributed by atoms with van der Waals surface area (Å²) in [5, 5.41) is 0. The van der Waals surface area contributed by atoms with Crippen LogP contribution in [0.3, 0.4) is 0 Å². The molecule has 0 saturated heterocycles. The number of rotatable bonds is 4. The summed E-state index contributed by atoms with van der Waals surface area (Å²) in [4.78, 5) is 0. The van der Waals surface area contributed by atoms with Gasteiger partial charge in [0.2, 0.25) is 5.85 Å². The fraction of sp³-hybridized carbons (Fsp3) is 1.00. The van der Waals surface area contributed by atoms with Gasteiger partial charge in [0.15, 0.2) is 0 Å². The molecule has 0 N–H and O–H groups in total. The van der Waals surface area contributed by atoms with E-state index in [1.807, 2.05) is 0 Å². The Labute approximate surface area is 56.2 Å². The van der Waals surface area contributed by atoms with E-state index in [1.165, 1.54) is 13.8 Å². The SMILES string of the molecule is CCCCOC(C)(C)F. The van der Waals surface area contributed by atoms with Crippen LogP contribution in [0.1, 0.15) is 33.6 Å². The van der Waals surface area contributed by atoms with Crippen LogP contribution in [0.4, 0.5) is 4.39 Å².